The Morgan fingerprint density at radius 3 is 2.00 bits per heavy atom. The number of carboxylic acid groups (broad SMARTS) is 1. The zero-order chi connectivity index (χ0) is 14.4. The first kappa shape index (κ1) is 14.1. The summed E-state index contributed by atoms with van der Waals surface area (Å²) in [5.41, 5.74) is 2.81. The van der Waals surface area contributed by atoms with Crippen molar-refractivity contribution < 1.29 is 9.90 Å². The van der Waals surface area contributed by atoms with Crippen molar-refractivity contribution in [1.29, 1.82) is 0 Å². The Morgan fingerprint density at radius 1 is 1.16 bits per heavy atom. The molecule has 1 saturated carbocycles. The summed E-state index contributed by atoms with van der Waals surface area (Å²) in [4.78, 5) is 11.8. The van der Waals surface area contributed by atoms with Gasteiger partial charge in [-0.15, -0.1) is 0 Å². The van der Waals surface area contributed by atoms with Crippen LogP contribution in [0.25, 0.3) is 0 Å². The van der Waals surface area contributed by atoms with Gasteiger partial charge in [0.2, 0.25) is 0 Å². The molecule has 0 saturated heterocycles. The average Bonchev–Trinajstić information content (AvgIpc) is 2.10. The molecule has 1 N–H and O–H groups in total. The molecule has 0 atom stereocenters. The lowest BCUT2D eigenvalue weighted by Crippen LogP contribution is -2.51. The minimum atomic E-state index is -0.669. The van der Waals surface area contributed by atoms with Crippen LogP contribution in [0.3, 0.4) is 0 Å². The molecular formula is C17H24O2. The standard InChI is InChI=1S/C17H24O2/c1-11-6-12(2)8-13(7-11)17(15(18)19)9-14(10-17)16(3,4)5/h6-8,14H,9-10H2,1-5H3,(H,18,19). The number of aliphatic carboxylic acids is 1. The van der Waals surface area contributed by atoms with Gasteiger partial charge in [0.15, 0.2) is 0 Å². The molecule has 2 nitrogen and oxygen atoms in total. The fourth-order valence-corrected chi connectivity index (χ4v) is 3.18. The minimum Gasteiger partial charge on any atom is -0.481 e. The van der Waals surface area contributed by atoms with Gasteiger partial charge in [-0.25, -0.2) is 0 Å². The lowest BCUT2D eigenvalue weighted by atomic mass is 9.52. The van der Waals surface area contributed by atoms with Gasteiger partial charge >= 0.3 is 5.97 Å². The van der Waals surface area contributed by atoms with Crippen LogP contribution in [-0.4, -0.2) is 11.1 Å². The molecule has 2 heteroatoms. The predicted octanol–water partition coefficient (Wildman–Crippen LogP) is 4.08. The van der Waals surface area contributed by atoms with Crippen LogP contribution in [0, 0.1) is 25.2 Å². The molecule has 0 amide bonds. The molecule has 0 bridgehead atoms. The maximum absolute atomic E-state index is 11.8. The summed E-state index contributed by atoms with van der Waals surface area (Å²) in [6.07, 6.45) is 1.52. The molecule has 0 radical (unpaired) electrons. The monoisotopic (exact) mass is 260 g/mol. The smallest absolute Gasteiger partial charge is 0.314 e. The number of hydrogen-bond donors (Lipinski definition) is 1. The Labute approximate surface area is 115 Å². The van der Waals surface area contributed by atoms with Crippen LogP contribution >= 0.6 is 0 Å². The summed E-state index contributed by atoms with van der Waals surface area (Å²) in [6.45, 7) is 10.7. The van der Waals surface area contributed by atoms with Gasteiger partial charge in [-0.3, -0.25) is 4.79 Å². The number of carboxylic acids is 1. The average molecular weight is 260 g/mol. The second-order valence-electron chi connectivity index (χ2n) is 7.23. The van der Waals surface area contributed by atoms with Crippen LogP contribution in [0.15, 0.2) is 18.2 Å². The SMILES string of the molecule is Cc1cc(C)cc(C2(C(=O)O)CC(C(C)(C)C)C2)c1. The first-order valence-corrected chi connectivity index (χ1v) is 6.97. The van der Waals surface area contributed by atoms with E-state index >= 15 is 0 Å². The molecule has 1 fully saturated rings. The van der Waals surface area contributed by atoms with Crippen LogP contribution in [0.5, 0.6) is 0 Å². The number of hydrogen-bond acceptors (Lipinski definition) is 1. The van der Waals surface area contributed by atoms with E-state index < -0.39 is 11.4 Å². The van der Waals surface area contributed by atoms with Gasteiger partial charge in [-0.1, -0.05) is 50.1 Å². The molecule has 104 valence electrons. The molecule has 1 aromatic rings. The summed E-state index contributed by atoms with van der Waals surface area (Å²) in [7, 11) is 0. The Morgan fingerprint density at radius 2 is 1.63 bits per heavy atom. The molecule has 0 aromatic heterocycles. The van der Waals surface area contributed by atoms with E-state index in [-0.39, 0.29) is 5.41 Å². The van der Waals surface area contributed by atoms with E-state index in [0.717, 1.165) is 29.5 Å². The summed E-state index contributed by atoms with van der Waals surface area (Å²) in [5.74, 6) is -0.178. The van der Waals surface area contributed by atoms with Crippen molar-refractivity contribution in [2.45, 2.75) is 52.9 Å². The molecule has 0 heterocycles. The lowest BCUT2D eigenvalue weighted by molar-refractivity contribution is -0.152. The van der Waals surface area contributed by atoms with Crippen molar-refractivity contribution in [1.82, 2.24) is 0 Å². The van der Waals surface area contributed by atoms with Gasteiger partial charge in [0.05, 0.1) is 5.41 Å². The van der Waals surface area contributed by atoms with Gasteiger partial charge in [0.1, 0.15) is 0 Å². The van der Waals surface area contributed by atoms with E-state index in [1.807, 2.05) is 26.0 Å². The minimum absolute atomic E-state index is 0.192. The molecule has 19 heavy (non-hydrogen) atoms. The Bertz CT molecular complexity index is 482. The number of carbonyl (C=O) groups is 1. The summed E-state index contributed by atoms with van der Waals surface area (Å²) in [5, 5.41) is 9.70. The normalized spacial score (nSPS) is 26.9. The quantitative estimate of drug-likeness (QED) is 0.870. The van der Waals surface area contributed by atoms with Crippen LogP contribution in [0.2, 0.25) is 0 Å². The van der Waals surface area contributed by atoms with Crippen molar-refractivity contribution >= 4 is 5.97 Å². The molecule has 1 aliphatic rings. The summed E-state index contributed by atoms with van der Waals surface area (Å²) < 4.78 is 0. The van der Waals surface area contributed by atoms with Crippen LogP contribution in [0.1, 0.15) is 50.3 Å². The Hall–Kier alpha value is -1.31. The Balaban J connectivity index is 2.36. The van der Waals surface area contributed by atoms with Crippen molar-refractivity contribution in [2.75, 3.05) is 0 Å². The number of rotatable bonds is 2. The third-order valence-corrected chi connectivity index (χ3v) is 4.60. The van der Waals surface area contributed by atoms with Crippen molar-refractivity contribution in [3.05, 3.63) is 34.9 Å². The van der Waals surface area contributed by atoms with E-state index in [1.54, 1.807) is 0 Å². The highest BCUT2D eigenvalue weighted by molar-refractivity contribution is 5.83. The molecule has 2 rings (SSSR count). The second-order valence-corrected chi connectivity index (χ2v) is 7.23. The maximum Gasteiger partial charge on any atom is 0.314 e. The van der Waals surface area contributed by atoms with Gasteiger partial charge in [-0.05, 0) is 43.6 Å². The zero-order valence-corrected chi connectivity index (χ0v) is 12.6. The van der Waals surface area contributed by atoms with Crippen molar-refractivity contribution in [3.8, 4) is 0 Å². The molecule has 1 aromatic carbocycles. The summed E-state index contributed by atoms with van der Waals surface area (Å²) in [6, 6.07) is 6.18. The second kappa shape index (κ2) is 4.36. The zero-order valence-electron chi connectivity index (χ0n) is 12.6. The molecule has 1 aliphatic carbocycles. The van der Waals surface area contributed by atoms with E-state index in [2.05, 4.69) is 26.8 Å². The highest BCUT2D eigenvalue weighted by Gasteiger charge is 2.54. The largest absolute Gasteiger partial charge is 0.481 e. The number of benzene rings is 1. The van der Waals surface area contributed by atoms with Gasteiger partial charge in [-0.2, -0.15) is 0 Å². The molecule has 0 aliphatic heterocycles. The summed E-state index contributed by atoms with van der Waals surface area (Å²) >= 11 is 0. The highest BCUT2D eigenvalue weighted by Crippen LogP contribution is 2.54. The van der Waals surface area contributed by atoms with Crippen molar-refractivity contribution in [3.63, 3.8) is 0 Å². The van der Waals surface area contributed by atoms with Crippen molar-refractivity contribution in [2.24, 2.45) is 11.3 Å². The Kier molecular flexibility index (Phi) is 3.24. The topological polar surface area (TPSA) is 37.3 Å². The van der Waals surface area contributed by atoms with Gasteiger partial charge in [0.25, 0.3) is 0 Å². The lowest BCUT2D eigenvalue weighted by Gasteiger charge is -2.50. The fourth-order valence-electron chi connectivity index (χ4n) is 3.18. The molecular weight excluding hydrogens is 236 g/mol. The van der Waals surface area contributed by atoms with E-state index in [1.165, 1.54) is 0 Å². The van der Waals surface area contributed by atoms with Gasteiger partial charge < -0.3 is 5.11 Å². The number of aryl methyl sites for hydroxylation is 2. The van der Waals surface area contributed by atoms with E-state index in [9.17, 15) is 9.90 Å². The fraction of sp³-hybridized carbons (Fsp3) is 0.588. The van der Waals surface area contributed by atoms with Gasteiger partial charge in [0, 0.05) is 0 Å². The first-order valence-electron chi connectivity index (χ1n) is 6.97. The predicted molar refractivity (Wildman–Crippen MR) is 77.4 cm³/mol. The van der Waals surface area contributed by atoms with E-state index in [0.29, 0.717) is 5.92 Å². The van der Waals surface area contributed by atoms with Crippen LogP contribution < -0.4 is 0 Å². The van der Waals surface area contributed by atoms with E-state index in [4.69, 9.17) is 0 Å². The molecule has 0 unspecified atom stereocenters. The third-order valence-electron chi connectivity index (χ3n) is 4.60. The third kappa shape index (κ3) is 2.41. The first-order chi connectivity index (χ1) is 8.65. The van der Waals surface area contributed by atoms with Crippen LogP contribution in [0.4, 0.5) is 0 Å². The highest BCUT2D eigenvalue weighted by atomic mass is 16.4. The maximum atomic E-state index is 11.8. The molecule has 0 spiro atoms. The van der Waals surface area contributed by atoms with Crippen LogP contribution in [-0.2, 0) is 10.2 Å².